The first-order chi connectivity index (χ1) is 13.5. The fraction of sp³-hybridized carbons (Fsp3) is 0.786. The molecule has 13 saturated carbocycles. The van der Waals surface area contributed by atoms with Gasteiger partial charge in [-0.3, -0.25) is 0 Å². The van der Waals surface area contributed by atoms with Gasteiger partial charge in [-0.2, -0.15) is 0 Å². The van der Waals surface area contributed by atoms with Crippen LogP contribution < -0.4 is 0 Å². The SMILES string of the molecule is C#CC12CC3C4C5C6CC7CC8C9C(C(C1)C3(C#C)CC59C7)C4(C2)CC68C#C. The Morgan fingerprint density at radius 3 is 1.68 bits per heavy atom. The number of rotatable bonds is 0. The van der Waals surface area contributed by atoms with Crippen molar-refractivity contribution in [2.24, 2.45) is 80.3 Å². The average molecular weight is 365 g/mol. The highest BCUT2D eigenvalue weighted by Crippen LogP contribution is 2.97. The standard InChI is InChI=1S/C28H28/c1-4-24-10-18-22-20-16-7-15-8-17-21-23(28(22,12-24)14-25(16,17)5-2)19(11-24)26(18,6-3)13-27(20,21)9-15/h1-3,15-23H,7-14H2. The highest BCUT2D eigenvalue weighted by Gasteiger charge is 2.92. The van der Waals surface area contributed by atoms with Gasteiger partial charge >= 0.3 is 0 Å². The van der Waals surface area contributed by atoms with Crippen molar-refractivity contribution in [1.82, 2.24) is 0 Å². The van der Waals surface area contributed by atoms with E-state index in [1.807, 2.05) is 0 Å². The van der Waals surface area contributed by atoms with Crippen LogP contribution in [0.3, 0.4) is 0 Å². The molecular weight excluding hydrogens is 336 g/mol. The van der Waals surface area contributed by atoms with E-state index in [9.17, 15) is 0 Å². The zero-order valence-corrected chi connectivity index (χ0v) is 16.6. The second kappa shape index (κ2) is 3.52. The Kier molecular flexibility index (Phi) is 1.84. The highest BCUT2D eigenvalue weighted by atomic mass is 15.0. The van der Waals surface area contributed by atoms with E-state index in [4.69, 9.17) is 19.3 Å². The largest absolute Gasteiger partial charge is 0.120 e. The van der Waals surface area contributed by atoms with E-state index in [0.717, 1.165) is 41.4 Å². The van der Waals surface area contributed by atoms with Gasteiger partial charge in [-0.15, -0.1) is 19.3 Å². The molecule has 13 aliphatic rings. The Balaban J connectivity index is 1.42. The second-order valence-corrected chi connectivity index (χ2v) is 13.3. The average Bonchev–Trinajstić information content (AvgIpc) is 2.71. The van der Waals surface area contributed by atoms with Gasteiger partial charge in [0.05, 0.1) is 0 Å². The van der Waals surface area contributed by atoms with Crippen LogP contribution in [-0.2, 0) is 0 Å². The lowest BCUT2D eigenvalue weighted by Crippen LogP contribution is -2.90. The van der Waals surface area contributed by atoms with Crippen LogP contribution in [-0.4, -0.2) is 0 Å². The van der Waals surface area contributed by atoms with Crippen LogP contribution in [0.2, 0.25) is 0 Å². The summed E-state index contributed by atoms with van der Waals surface area (Å²) in [6.45, 7) is 0. The fourth-order valence-electron chi connectivity index (χ4n) is 14.3. The van der Waals surface area contributed by atoms with E-state index in [1.54, 1.807) is 0 Å². The summed E-state index contributed by atoms with van der Waals surface area (Å²) in [5.74, 6) is 18.0. The van der Waals surface area contributed by atoms with Crippen LogP contribution in [0, 0.1) is 117 Å². The third kappa shape index (κ3) is 0.950. The molecule has 0 nitrogen and oxygen atoms in total. The van der Waals surface area contributed by atoms with Crippen LogP contribution in [0.4, 0.5) is 0 Å². The molecule has 0 heterocycles. The lowest BCUT2D eigenvalue weighted by molar-refractivity contribution is -0.459. The quantitative estimate of drug-likeness (QED) is 0.551. The molecule has 0 radical (unpaired) electrons. The third-order valence-corrected chi connectivity index (χ3v) is 13.6. The first-order valence-corrected chi connectivity index (χ1v) is 12.0. The minimum atomic E-state index is 0.145. The first-order valence-electron chi connectivity index (χ1n) is 12.0. The summed E-state index contributed by atoms with van der Waals surface area (Å²) in [4.78, 5) is 0. The molecule has 0 N–H and O–H groups in total. The maximum absolute atomic E-state index is 6.50. The Labute approximate surface area is 169 Å². The van der Waals surface area contributed by atoms with Crippen LogP contribution in [0.15, 0.2) is 0 Å². The summed E-state index contributed by atoms with van der Waals surface area (Å²) in [5.41, 5.74) is 1.59. The number of hydrogen-bond acceptors (Lipinski definition) is 0. The van der Waals surface area contributed by atoms with Gasteiger partial charge in [-0.25, -0.2) is 0 Å². The predicted octanol–water partition coefficient (Wildman–Crippen LogP) is 4.61. The molecule has 28 heavy (non-hydrogen) atoms. The highest BCUT2D eigenvalue weighted by molar-refractivity contribution is 5.46. The summed E-state index contributed by atoms with van der Waals surface area (Å²) in [7, 11) is 0. The van der Waals surface area contributed by atoms with Crippen LogP contribution in [0.1, 0.15) is 51.4 Å². The molecular formula is C28H28. The second-order valence-electron chi connectivity index (χ2n) is 13.3. The molecule has 2 spiro atoms. The summed E-state index contributed by atoms with van der Waals surface area (Å²) >= 11 is 0. The van der Waals surface area contributed by atoms with Gasteiger partial charge in [0, 0.05) is 16.2 Å². The van der Waals surface area contributed by atoms with E-state index in [1.165, 1.54) is 51.4 Å². The van der Waals surface area contributed by atoms with E-state index in [0.29, 0.717) is 22.7 Å². The van der Waals surface area contributed by atoms with E-state index >= 15 is 0 Å². The van der Waals surface area contributed by atoms with Crippen molar-refractivity contribution in [1.29, 1.82) is 0 Å². The van der Waals surface area contributed by atoms with E-state index in [2.05, 4.69) is 17.8 Å². The molecule has 14 bridgehead atoms. The monoisotopic (exact) mass is 364 g/mol. The van der Waals surface area contributed by atoms with Gasteiger partial charge in [0.1, 0.15) is 0 Å². The Morgan fingerprint density at radius 2 is 1.11 bits per heavy atom. The Hall–Kier alpha value is -1.32. The fourth-order valence-corrected chi connectivity index (χ4v) is 14.3. The molecule has 0 aliphatic heterocycles. The number of hydrogen-bond donors (Lipinski definition) is 0. The van der Waals surface area contributed by atoms with Crippen molar-refractivity contribution < 1.29 is 0 Å². The maximum Gasteiger partial charge on any atom is 0.0380 e. The van der Waals surface area contributed by atoms with Crippen LogP contribution in [0.25, 0.3) is 0 Å². The topological polar surface area (TPSA) is 0 Å². The Morgan fingerprint density at radius 1 is 0.571 bits per heavy atom. The molecule has 8 unspecified atom stereocenters. The molecule has 0 aromatic heterocycles. The molecule has 0 amide bonds. The molecule has 13 rings (SSSR count). The molecule has 0 saturated heterocycles. The Bertz CT molecular complexity index is 980. The predicted molar refractivity (Wildman–Crippen MR) is 107 cm³/mol. The van der Waals surface area contributed by atoms with Crippen molar-refractivity contribution in [3.05, 3.63) is 0 Å². The summed E-state index contributed by atoms with van der Waals surface area (Å²) in [6.07, 6.45) is 30.1. The lowest BCUT2D eigenvalue weighted by atomic mass is 9.09. The minimum absolute atomic E-state index is 0.145. The molecule has 0 aromatic rings. The summed E-state index contributed by atoms with van der Waals surface area (Å²) < 4.78 is 0. The number of terminal acetylenes is 3. The van der Waals surface area contributed by atoms with Crippen molar-refractivity contribution in [2.75, 3.05) is 0 Å². The minimum Gasteiger partial charge on any atom is -0.120 e. The van der Waals surface area contributed by atoms with Gasteiger partial charge in [0.25, 0.3) is 0 Å². The van der Waals surface area contributed by atoms with Crippen LogP contribution >= 0.6 is 0 Å². The van der Waals surface area contributed by atoms with Gasteiger partial charge < -0.3 is 0 Å². The van der Waals surface area contributed by atoms with Gasteiger partial charge in [-0.05, 0) is 115 Å². The molecule has 0 aromatic carbocycles. The molecule has 0 heteroatoms. The van der Waals surface area contributed by atoms with Gasteiger partial charge in [0.15, 0.2) is 0 Å². The molecule has 140 valence electrons. The van der Waals surface area contributed by atoms with E-state index < -0.39 is 0 Å². The maximum atomic E-state index is 6.50. The first kappa shape index (κ1) is 14.6. The van der Waals surface area contributed by atoms with Crippen molar-refractivity contribution >= 4 is 0 Å². The summed E-state index contributed by atoms with van der Waals surface area (Å²) in [6, 6.07) is 0. The van der Waals surface area contributed by atoms with Gasteiger partial charge in [0.2, 0.25) is 0 Å². The summed E-state index contributed by atoms with van der Waals surface area (Å²) in [5, 5.41) is 0. The van der Waals surface area contributed by atoms with Crippen molar-refractivity contribution in [3.8, 4) is 37.0 Å². The van der Waals surface area contributed by atoms with Crippen LogP contribution in [0.5, 0.6) is 0 Å². The molecule has 8 atom stereocenters. The molecule has 13 aliphatic carbocycles. The van der Waals surface area contributed by atoms with Crippen molar-refractivity contribution in [2.45, 2.75) is 51.4 Å². The van der Waals surface area contributed by atoms with E-state index in [-0.39, 0.29) is 16.2 Å². The van der Waals surface area contributed by atoms with Gasteiger partial charge in [-0.1, -0.05) is 17.8 Å². The lowest BCUT2D eigenvalue weighted by Gasteiger charge is -2.94. The third-order valence-electron chi connectivity index (χ3n) is 13.6. The zero-order valence-electron chi connectivity index (χ0n) is 16.6. The van der Waals surface area contributed by atoms with Crippen molar-refractivity contribution in [3.63, 3.8) is 0 Å². The normalized spacial score (nSPS) is 76.4. The molecule has 13 fully saturated rings. The zero-order chi connectivity index (χ0) is 18.5. The smallest absolute Gasteiger partial charge is 0.0380 e.